The summed E-state index contributed by atoms with van der Waals surface area (Å²) in [5.74, 6) is 0.479. The van der Waals surface area contributed by atoms with Gasteiger partial charge in [-0.2, -0.15) is 0 Å². The summed E-state index contributed by atoms with van der Waals surface area (Å²) in [4.78, 5) is 11.0. The fourth-order valence-electron chi connectivity index (χ4n) is 0.886. The van der Waals surface area contributed by atoms with Crippen molar-refractivity contribution in [2.45, 2.75) is 0 Å². The zero-order chi connectivity index (χ0) is 10.0. The number of ether oxygens (including phenoxy) is 1. The zero-order valence-corrected chi connectivity index (χ0v) is 11.1. The lowest BCUT2D eigenvalue weighted by atomic mass is 10.2. The van der Waals surface area contributed by atoms with Crippen LogP contribution in [0.3, 0.4) is 0 Å². The number of halogens is 3. The minimum atomic E-state index is -0.519. The van der Waals surface area contributed by atoms with Crippen LogP contribution in [0.4, 0.5) is 0 Å². The minimum absolute atomic E-state index is 0.372. The van der Waals surface area contributed by atoms with Gasteiger partial charge in [0.25, 0.3) is 5.24 Å². The van der Waals surface area contributed by atoms with Crippen molar-refractivity contribution in [2.24, 2.45) is 0 Å². The molecule has 1 aromatic carbocycles. The van der Waals surface area contributed by atoms with Crippen LogP contribution < -0.4 is 4.74 Å². The van der Waals surface area contributed by atoms with E-state index in [1.54, 1.807) is 12.1 Å². The van der Waals surface area contributed by atoms with Crippen molar-refractivity contribution in [1.82, 2.24) is 0 Å². The molecule has 0 amide bonds. The van der Waals surface area contributed by atoms with E-state index < -0.39 is 5.24 Å². The first-order chi connectivity index (χ1) is 6.07. The van der Waals surface area contributed by atoms with E-state index in [0.717, 1.165) is 8.04 Å². The normalized spacial score (nSPS) is 9.85. The third-order valence-electron chi connectivity index (χ3n) is 1.47. The molecule has 0 aliphatic heterocycles. The number of hydrogen-bond acceptors (Lipinski definition) is 2. The Labute approximate surface area is 103 Å². The Kier molecular flexibility index (Phi) is 4.00. The summed E-state index contributed by atoms with van der Waals surface area (Å²) >= 11 is 10.8. The van der Waals surface area contributed by atoms with Gasteiger partial charge < -0.3 is 4.74 Å². The molecule has 0 aromatic heterocycles. The van der Waals surface area contributed by atoms with Crippen molar-refractivity contribution in [1.29, 1.82) is 0 Å². The fraction of sp³-hybridized carbons (Fsp3) is 0.125. The average molecular weight is 375 g/mol. The van der Waals surface area contributed by atoms with Crippen LogP contribution >= 0.6 is 50.1 Å². The Bertz CT molecular complexity index is 354. The predicted octanol–water partition coefficient (Wildman–Crippen LogP) is 3.44. The second-order valence-electron chi connectivity index (χ2n) is 2.22. The van der Waals surface area contributed by atoms with Gasteiger partial charge in [-0.15, -0.1) is 0 Å². The first-order valence-electron chi connectivity index (χ1n) is 3.29. The maximum Gasteiger partial charge on any atom is 0.256 e. The van der Waals surface area contributed by atoms with Crippen molar-refractivity contribution in [3.8, 4) is 5.75 Å². The summed E-state index contributed by atoms with van der Waals surface area (Å²) in [7, 11) is 1.50. The largest absolute Gasteiger partial charge is 0.495 e. The molecule has 5 heteroatoms. The number of hydrogen-bond donors (Lipinski definition) is 0. The highest BCUT2D eigenvalue weighted by molar-refractivity contribution is 14.1. The molecule has 0 atom stereocenters. The molecule has 1 rings (SSSR count). The van der Waals surface area contributed by atoms with Gasteiger partial charge in [0, 0.05) is 3.57 Å². The smallest absolute Gasteiger partial charge is 0.256 e. The Morgan fingerprint density at radius 1 is 1.62 bits per heavy atom. The molecule has 0 saturated carbocycles. The quantitative estimate of drug-likeness (QED) is 0.585. The lowest BCUT2D eigenvalue weighted by Gasteiger charge is -2.08. The summed E-state index contributed by atoms with van der Waals surface area (Å²) in [6.45, 7) is 0. The van der Waals surface area contributed by atoms with Crippen LogP contribution in [0.25, 0.3) is 0 Å². The number of benzene rings is 1. The van der Waals surface area contributed by atoms with Gasteiger partial charge in [0.05, 0.1) is 17.1 Å². The van der Waals surface area contributed by atoms with Crippen molar-refractivity contribution in [3.05, 3.63) is 25.7 Å². The van der Waals surface area contributed by atoms with Gasteiger partial charge in [0.2, 0.25) is 0 Å². The van der Waals surface area contributed by atoms with E-state index in [1.165, 1.54) is 7.11 Å². The molecule has 0 saturated heterocycles. The fourth-order valence-corrected chi connectivity index (χ4v) is 1.97. The molecular formula is C8H5BrClIO2. The van der Waals surface area contributed by atoms with Gasteiger partial charge in [-0.1, -0.05) is 0 Å². The molecule has 1 aromatic rings. The van der Waals surface area contributed by atoms with Gasteiger partial charge >= 0.3 is 0 Å². The number of rotatable bonds is 2. The molecule has 0 aliphatic carbocycles. The zero-order valence-electron chi connectivity index (χ0n) is 6.61. The Morgan fingerprint density at radius 2 is 2.23 bits per heavy atom. The molecule has 0 unspecified atom stereocenters. The van der Waals surface area contributed by atoms with Gasteiger partial charge in [-0.25, -0.2) is 0 Å². The van der Waals surface area contributed by atoms with Crippen molar-refractivity contribution in [3.63, 3.8) is 0 Å². The summed E-state index contributed by atoms with van der Waals surface area (Å²) in [6.07, 6.45) is 0. The van der Waals surface area contributed by atoms with E-state index in [0.29, 0.717) is 11.3 Å². The molecule has 70 valence electrons. The average Bonchev–Trinajstić information content (AvgIpc) is 2.09. The standard InChI is InChI=1S/C8H5BrClIO2/c1-13-7-4(8(10)12)2-3-5(11)6(7)9/h2-3H,1H3. The molecule has 0 N–H and O–H groups in total. The van der Waals surface area contributed by atoms with E-state index in [4.69, 9.17) is 16.3 Å². The van der Waals surface area contributed by atoms with E-state index >= 15 is 0 Å². The third kappa shape index (κ3) is 2.35. The molecule has 0 spiro atoms. The second kappa shape index (κ2) is 4.61. The second-order valence-corrected chi connectivity index (χ2v) is 4.51. The molecule has 0 fully saturated rings. The number of carbonyl (C=O) groups is 1. The molecule has 0 radical (unpaired) electrons. The Hall–Kier alpha value is 0.190. The van der Waals surface area contributed by atoms with Crippen LogP contribution in [-0.2, 0) is 0 Å². The molecular weight excluding hydrogens is 370 g/mol. The first kappa shape index (κ1) is 11.3. The van der Waals surface area contributed by atoms with Crippen LogP contribution in [0.2, 0.25) is 0 Å². The SMILES string of the molecule is COc1c(C(=O)Cl)ccc(I)c1Br. The van der Waals surface area contributed by atoms with Crippen molar-refractivity contribution >= 4 is 55.4 Å². The van der Waals surface area contributed by atoms with Crippen molar-refractivity contribution < 1.29 is 9.53 Å². The summed E-state index contributed by atoms with van der Waals surface area (Å²) in [5, 5.41) is -0.519. The topological polar surface area (TPSA) is 26.3 Å². The van der Waals surface area contributed by atoms with E-state index in [-0.39, 0.29) is 0 Å². The van der Waals surface area contributed by atoms with Crippen molar-refractivity contribution in [2.75, 3.05) is 7.11 Å². The van der Waals surface area contributed by atoms with Crippen LogP contribution in [0.5, 0.6) is 5.75 Å². The van der Waals surface area contributed by atoms with E-state index in [9.17, 15) is 4.79 Å². The van der Waals surface area contributed by atoms with Gasteiger partial charge in [-0.05, 0) is 62.3 Å². The summed E-state index contributed by atoms with van der Waals surface area (Å²) < 4.78 is 6.78. The monoisotopic (exact) mass is 374 g/mol. The Balaban J connectivity index is 3.38. The van der Waals surface area contributed by atoms with E-state index in [1.807, 2.05) is 0 Å². The summed E-state index contributed by atoms with van der Waals surface area (Å²) in [5.41, 5.74) is 0.372. The van der Waals surface area contributed by atoms with Crippen LogP contribution in [0.15, 0.2) is 16.6 Å². The molecule has 0 aliphatic rings. The highest BCUT2D eigenvalue weighted by Gasteiger charge is 2.14. The maximum absolute atomic E-state index is 11.0. The molecule has 0 bridgehead atoms. The minimum Gasteiger partial charge on any atom is -0.495 e. The van der Waals surface area contributed by atoms with Gasteiger partial charge in [0.15, 0.2) is 0 Å². The number of methoxy groups -OCH3 is 1. The van der Waals surface area contributed by atoms with Gasteiger partial charge in [-0.3, -0.25) is 4.79 Å². The van der Waals surface area contributed by atoms with Crippen LogP contribution in [0, 0.1) is 3.57 Å². The molecule has 13 heavy (non-hydrogen) atoms. The van der Waals surface area contributed by atoms with E-state index in [2.05, 4.69) is 38.5 Å². The molecule has 2 nitrogen and oxygen atoms in total. The maximum atomic E-state index is 11.0. The highest BCUT2D eigenvalue weighted by Crippen LogP contribution is 2.33. The molecule has 0 heterocycles. The van der Waals surface area contributed by atoms with Crippen LogP contribution in [-0.4, -0.2) is 12.4 Å². The summed E-state index contributed by atoms with van der Waals surface area (Å²) in [6, 6.07) is 3.43. The lowest BCUT2D eigenvalue weighted by molar-refractivity contribution is 0.107. The van der Waals surface area contributed by atoms with Gasteiger partial charge in [0.1, 0.15) is 5.75 Å². The predicted molar refractivity (Wildman–Crippen MR) is 63.6 cm³/mol. The third-order valence-corrected chi connectivity index (χ3v) is 4.10. The number of carbonyl (C=O) groups excluding carboxylic acids is 1. The highest BCUT2D eigenvalue weighted by atomic mass is 127. The Morgan fingerprint density at radius 3 is 2.69 bits per heavy atom. The first-order valence-corrected chi connectivity index (χ1v) is 5.54. The lowest BCUT2D eigenvalue weighted by Crippen LogP contribution is -1.97. The van der Waals surface area contributed by atoms with Crippen LogP contribution in [0.1, 0.15) is 10.4 Å².